The second-order valence-corrected chi connectivity index (χ2v) is 7.00. The average molecular weight is 397 g/mol. The van der Waals surface area contributed by atoms with Crippen LogP contribution in [0.25, 0.3) is 16.8 Å². The molecule has 9 nitrogen and oxygen atoms in total. The highest BCUT2D eigenvalue weighted by atomic mass is 32.2. The predicted octanol–water partition coefficient (Wildman–Crippen LogP) is 3.27. The van der Waals surface area contributed by atoms with Gasteiger partial charge in [0, 0.05) is 24.4 Å². The molecule has 0 aliphatic carbocycles. The fourth-order valence-corrected chi connectivity index (χ4v) is 3.50. The first kappa shape index (κ1) is 18.0. The Kier molecular flexibility index (Phi) is 4.94. The fraction of sp³-hybridized carbons (Fsp3) is 0.167. The second kappa shape index (κ2) is 7.69. The molecule has 0 radical (unpaired) electrons. The normalized spacial score (nSPS) is 11.1. The minimum atomic E-state index is -0.521. The molecule has 0 saturated heterocycles. The quantitative estimate of drug-likeness (QED) is 0.204. The van der Waals surface area contributed by atoms with Crippen molar-refractivity contribution < 1.29 is 9.34 Å². The summed E-state index contributed by atoms with van der Waals surface area (Å²) in [5.41, 5.74) is 1.62. The molecule has 4 rings (SSSR count). The predicted molar refractivity (Wildman–Crippen MR) is 104 cm³/mol. The van der Waals surface area contributed by atoms with Crippen LogP contribution in [0.2, 0.25) is 0 Å². The molecule has 0 aliphatic heterocycles. The molecule has 28 heavy (non-hydrogen) atoms. The van der Waals surface area contributed by atoms with Gasteiger partial charge >= 0.3 is 5.76 Å². The van der Waals surface area contributed by atoms with Crippen LogP contribution in [-0.4, -0.2) is 30.0 Å². The van der Waals surface area contributed by atoms with E-state index in [1.807, 2.05) is 30.3 Å². The van der Waals surface area contributed by atoms with Gasteiger partial charge in [0.1, 0.15) is 6.33 Å². The van der Waals surface area contributed by atoms with Crippen molar-refractivity contribution in [2.45, 2.75) is 18.1 Å². The molecule has 2 aromatic carbocycles. The molecule has 0 amide bonds. The van der Waals surface area contributed by atoms with Gasteiger partial charge in [-0.15, -0.1) is 5.10 Å². The lowest BCUT2D eigenvalue weighted by atomic mass is 10.3. The molecule has 0 unspecified atom stereocenters. The molecular weight excluding hydrogens is 382 g/mol. The lowest BCUT2D eigenvalue weighted by Gasteiger charge is -2.01. The lowest BCUT2D eigenvalue weighted by Crippen LogP contribution is -2.14. The number of hydrogen-bond acceptors (Lipinski definition) is 7. The standard InChI is InChI=1S/C18H15N5O4S/c24-18-21(15-11-14(23(25)26)7-8-16(15)27-18)9-4-10-28-17-19-12-22(20-17)13-5-2-1-3-6-13/h1-3,5-8,11-12H,4,9-10H2. The van der Waals surface area contributed by atoms with Crippen LogP contribution in [0.15, 0.2) is 69.2 Å². The molecule has 0 spiro atoms. The summed E-state index contributed by atoms with van der Waals surface area (Å²) in [5.74, 6) is 0.166. The Morgan fingerprint density at radius 1 is 1.18 bits per heavy atom. The monoisotopic (exact) mass is 397 g/mol. The van der Waals surface area contributed by atoms with Crippen molar-refractivity contribution in [3.8, 4) is 5.69 Å². The van der Waals surface area contributed by atoms with Crippen molar-refractivity contribution in [3.05, 3.63) is 75.5 Å². The third-order valence-corrected chi connectivity index (χ3v) is 5.05. The zero-order chi connectivity index (χ0) is 19.5. The smallest absolute Gasteiger partial charge is 0.408 e. The van der Waals surface area contributed by atoms with Gasteiger partial charge in [0.15, 0.2) is 5.58 Å². The number of nitrogens with zero attached hydrogens (tertiary/aromatic N) is 5. The van der Waals surface area contributed by atoms with Crippen molar-refractivity contribution in [2.75, 3.05) is 5.75 Å². The van der Waals surface area contributed by atoms with E-state index in [2.05, 4.69) is 10.1 Å². The number of thioether (sulfide) groups is 1. The number of oxazole rings is 1. The lowest BCUT2D eigenvalue weighted by molar-refractivity contribution is -0.384. The molecule has 0 saturated carbocycles. The number of non-ortho nitro benzene ring substituents is 1. The van der Waals surface area contributed by atoms with E-state index >= 15 is 0 Å². The Morgan fingerprint density at radius 3 is 2.79 bits per heavy atom. The number of aromatic nitrogens is 4. The maximum Gasteiger partial charge on any atom is 0.419 e. The third-order valence-electron chi connectivity index (χ3n) is 4.11. The molecule has 4 aromatic rings. The molecule has 0 fully saturated rings. The van der Waals surface area contributed by atoms with Crippen LogP contribution in [0.5, 0.6) is 0 Å². The number of hydrogen-bond donors (Lipinski definition) is 0. The maximum atomic E-state index is 12.0. The average Bonchev–Trinajstić information content (AvgIpc) is 3.29. The minimum Gasteiger partial charge on any atom is -0.408 e. The van der Waals surface area contributed by atoms with Crippen molar-refractivity contribution in [1.29, 1.82) is 0 Å². The van der Waals surface area contributed by atoms with Crippen molar-refractivity contribution in [1.82, 2.24) is 19.3 Å². The van der Waals surface area contributed by atoms with E-state index < -0.39 is 10.7 Å². The minimum absolute atomic E-state index is 0.0768. The van der Waals surface area contributed by atoms with E-state index in [9.17, 15) is 14.9 Å². The summed E-state index contributed by atoms with van der Waals surface area (Å²) >= 11 is 1.48. The van der Waals surface area contributed by atoms with Gasteiger partial charge in [-0.3, -0.25) is 14.7 Å². The first-order chi connectivity index (χ1) is 13.6. The molecule has 10 heteroatoms. The van der Waals surface area contributed by atoms with Gasteiger partial charge in [0.2, 0.25) is 5.16 Å². The number of nitro groups is 1. The zero-order valence-electron chi connectivity index (χ0n) is 14.6. The van der Waals surface area contributed by atoms with Crippen LogP contribution >= 0.6 is 11.8 Å². The van der Waals surface area contributed by atoms with Crippen molar-refractivity contribution in [3.63, 3.8) is 0 Å². The maximum absolute atomic E-state index is 12.0. The van der Waals surface area contributed by atoms with Crippen LogP contribution in [-0.2, 0) is 6.54 Å². The third kappa shape index (κ3) is 3.67. The van der Waals surface area contributed by atoms with Crippen LogP contribution in [0.3, 0.4) is 0 Å². The van der Waals surface area contributed by atoms with E-state index in [4.69, 9.17) is 4.42 Å². The highest BCUT2D eigenvalue weighted by Crippen LogP contribution is 2.21. The Labute approximate surface area is 162 Å². The fourth-order valence-electron chi connectivity index (χ4n) is 2.78. The van der Waals surface area contributed by atoms with Gasteiger partial charge < -0.3 is 4.42 Å². The molecule has 2 heterocycles. The van der Waals surface area contributed by atoms with Gasteiger partial charge in [0.25, 0.3) is 5.69 Å². The van der Waals surface area contributed by atoms with Crippen LogP contribution in [0.4, 0.5) is 5.69 Å². The topological polar surface area (TPSA) is 109 Å². The number of fused-ring (bicyclic) bond motifs is 1. The van der Waals surface area contributed by atoms with Gasteiger partial charge in [-0.05, 0) is 24.6 Å². The Bertz CT molecular complexity index is 1180. The largest absolute Gasteiger partial charge is 0.419 e. The van der Waals surface area contributed by atoms with Crippen LogP contribution in [0.1, 0.15) is 6.42 Å². The molecule has 0 atom stereocenters. The number of para-hydroxylation sites is 1. The van der Waals surface area contributed by atoms with Gasteiger partial charge in [-0.2, -0.15) is 0 Å². The summed E-state index contributed by atoms with van der Waals surface area (Å²) in [4.78, 5) is 26.8. The highest BCUT2D eigenvalue weighted by Gasteiger charge is 2.14. The summed E-state index contributed by atoms with van der Waals surface area (Å²) < 4.78 is 8.27. The Hall–Kier alpha value is -3.40. The number of nitro benzene ring substituents is 1. The molecule has 142 valence electrons. The molecule has 0 N–H and O–H groups in total. The van der Waals surface area contributed by atoms with Crippen molar-refractivity contribution >= 4 is 28.5 Å². The molecule has 2 aromatic heterocycles. The van der Waals surface area contributed by atoms with E-state index in [1.165, 1.54) is 34.5 Å². The summed E-state index contributed by atoms with van der Waals surface area (Å²) in [6, 6.07) is 13.8. The summed E-state index contributed by atoms with van der Waals surface area (Å²) in [6.45, 7) is 0.388. The molecular formula is C18H15N5O4S. The summed E-state index contributed by atoms with van der Waals surface area (Å²) in [6.07, 6.45) is 2.31. The number of rotatable bonds is 7. The van der Waals surface area contributed by atoms with E-state index in [1.54, 1.807) is 11.0 Å². The molecule has 0 aliphatic rings. The van der Waals surface area contributed by atoms with E-state index in [0.717, 1.165) is 5.69 Å². The van der Waals surface area contributed by atoms with Crippen LogP contribution in [0, 0.1) is 10.1 Å². The van der Waals surface area contributed by atoms with Gasteiger partial charge in [0.05, 0.1) is 16.1 Å². The van der Waals surface area contributed by atoms with Gasteiger partial charge in [-0.1, -0.05) is 30.0 Å². The second-order valence-electron chi connectivity index (χ2n) is 5.94. The van der Waals surface area contributed by atoms with Crippen molar-refractivity contribution in [2.24, 2.45) is 0 Å². The Morgan fingerprint density at radius 2 is 2.00 bits per heavy atom. The summed E-state index contributed by atoms with van der Waals surface area (Å²) in [7, 11) is 0. The highest BCUT2D eigenvalue weighted by molar-refractivity contribution is 7.99. The van der Waals surface area contributed by atoms with Crippen LogP contribution < -0.4 is 5.76 Å². The molecule has 0 bridgehead atoms. The summed E-state index contributed by atoms with van der Waals surface area (Å²) in [5, 5.41) is 16.0. The zero-order valence-corrected chi connectivity index (χ0v) is 15.4. The number of aryl methyl sites for hydroxylation is 1. The number of benzene rings is 2. The van der Waals surface area contributed by atoms with E-state index in [0.29, 0.717) is 35.0 Å². The first-order valence-electron chi connectivity index (χ1n) is 8.49. The first-order valence-corrected chi connectivity index (χ1v) is 9.48. The SMILES string of the molecule is O=c1oc2ccc([N+](=O)[O-])cc2n1CCCSc1ncn(-c2ccccc2)n1. The van der Waals surface area contributed by atoms with E-state index in [-0.39, 0.29) is 5.69 Å². The van der Waals surface area contributed by atoms with Gasteiger partial charge in [-0.25, -0.2) is 14.5 Å². The Balaban J connectivity index is 1.40.